The second-order valence-corrected chi connectivity index (χ2v) is 4.27. The van der Waals surface area contributed by atoms with Crippen LogP contribution in [0.4, 0.5) is 0 Å². The Labute approximate surface area is 82.0 Å². The van der Waals surface area contributed by atoms with E-state index in [1.807, 2.05) is 0 Å². The highest BCUT2D eigenvalue weighted by molar-refractivity contribution is 4.79. The molecule has 13 heavy (non-hydrogen) atoms. The van der Waals surface area contributed by atoms with E-state index in [-0.39, 0.29) is 0 Å². The van der Waals surface area contributed by atoms with Crippen molar-refractivity contribution in [3.63, 3.8) is 0 Å². The Kier molecular flexibility index (Phi) is 4.74. The fourth-order valence-electron chi connectivity index (χ4n) is 2.02. The normalized spacial score (nSPS) is 27.5. The van der Waals surface area contributed by atoms with Crippen molar-refractivity contribution in [3.05, 3.63) is 0 Å². The molecule has 3 atom stereocenters. The molecule has 0 aromatic rings. The molecule has 0 aromatic heterocycles. The van der Waals surface area contributed by atoms with Gasteiger partial charge in [0.15, 0.2) is 0 Å². The molecule has 0 spiro atoms. The molecule has 1 heterocycles. The number of hydrogen-bond donors (Lipinski definition) is 1. The summed E-state index contributed by atoms with van der Waals surface area (Å²) in [5, 5.41) is 3.43. The summed E-state index contributed by atoms with van der Waals surface area (Å²) < 4.78 is 5.42. The predicted octanol–water partition coefficient (Wildman–Crippen LogP) is 2.05. The van der Waals surface area contributed by atoms with Gasteiger partial charge in [-0.25, -0.2) is 0 Å². The van der Waals surface area contributed by atoms with E-state index in [9.17, 15) is 0 Å². The van der Waals surface area contributed by atoms with Gasteiger partial charge in [0.2, 0.25) is 0 Å². The van der Waals surface area contributed by atoms with E-state index < -0.39 is 0 Å². The van der Waals surface area contributed by atoms with Crippen molar-refractivity contribution in [2.75, 3.05) is 20.3 Å². The Balaban J connectivity index is 2.32. The van der Waals surface area contributed by atoms with E-state index in [1.165, 1.54) is 19.3 Å². The van der Waals surface area contributed by atoms with Gasteiger partial charge in [-0.15, -0.1) is 0 Å². The van der Waals surface area contributed by atoms with Crippen LogP contribution in [-0.4, -0.2) is 26.3 Å². The Bertz CT molecular complexity index is 132. The zero-order valence-electron chi connectivity index (χ0n) is 9.18. The average molecular weight is 185 g/mol. The lowest BCUT2D eigenvalue weighted by atomic mass is 9.90. The highest BCUT2D eigenvalue weighted by atomic mass is 16.5. The summed E-state index contributed by atoms with van der Waals surface area (Å²) in [6.45, 7) is 6.52. The molecule has 1 saturated heterocycles. The Morgan fingerprint density at radius 2 is 2.31 bits per heavy atom. The first kappa shape index (κ1) is 11.0. The number of ether oxygens (including phenoxy) is 1. The Hall–Kier alpha value is -0.0800. The van der Waals surface area contributed by atoms with E-state index >= 15 is 0 Å². The van der Waals surface area contributed by atoms with Gasteiger partial charge in [0.25, 0.3) is 0 Å². The van der Waals surface area contributed by atoms with Crippen LogP contribution >= 0.6 is 0 Å². The van der Waals surface area contributed by atoms with Crippen LogP contribution in [0.25, 0.3) is 0 Å². The maximum Gasteiger partial charge on any atom is 0.0510 e. The SMILES string of the molecule is CCC(C)CC(NC)C1CCOC1. The highest BCUT2D eigenvalue weighted by Crippen LogP contribution is 2.22. The average Bonchev–Trinajstić information content (AvgIpc) is 2.66. The molecule has 1 fully saturated rings. The summed E-state index contributed by atoms with van der Waals surface area (Å²) in [5.74, 6) is 1.58. The molecule has 1 N–H and O–H groups in total. The molecule has 1 aliphatic heterocycles. The lowest BCUT2D eigenvalue weighted by Gasteiger charge is -2.24. The van der Waals surface area contributed by atoms with E-state index in [2.05, 4.69) is 26.2 Å². The van der Waals surface area contributed by atoms with E-state index in [1.54, 1.807) is 0 Å². The largest absolute Gasteiger partial charge is 0.381 e. The van der Waals surface area contributed by atoms with E-state index in [0.29, 0.717) is 6.04 Å². The molecule has 0 amide bonds. The standard InChI is InChI=1S/C11H23NO/c1-4-9(2)7-11(12-3)10-5-6-13-8-10/h9-12H,4-8H2,1-3H3. The van der Waals surface area contributed by atoms with E-state index in [0.717, 1.165) is 25.0 Å². The first-order valence-electron chi connectivity index (χ1n) is 5.53. The zero-order valence-corrected chi connectivity index (χ0v) is 9.18. The topological polar surface area (TPSA) is 21.3 Å². The number of nitrogens with one attached hydrogen (secondary N) is 1. The van der Waals surface area contributed by atoms with Crippen LogP contribution in [0.2, 0.25) is 0 Å². The van der Waals surface area contributed by atoms with Crippen LogP contribution in [-0.2, 0) is 4.74 Å². The number of rotatable bonds is 5. The maximum absolute atomic E-state index is 5.42. The van der Waals surface area contributed by atoms with Gasteiger partial charge in [0.1, 0.15) is 0 Å². The number of hydrogen-bond acceptors (Lipinski definition) is 2. The van der Waals surface area contributed by atoms with Crippen LogP contribution in [0.15, 0.2) is 0 Å². The smallest absolute Gasteiger partial charge is 0.0510 e. The molecule has 0 saturated carbocycles. The fraction of sp³-hybridized carbons (Fsp3) is 1.00. The molecule has 3 unspecified atom stereocenters. The van der Waals surface area contributed by atoms with Crippen molar-refractivity contribution in [3.8, 4) is 0 Å². The van der Waals surface area contributed by atoms with Crippen LogP contribution < -0.4 is 5.32 Å². The molecule has 1 rings (SSSR count). The molecule has 0 radical (unpaired) electrons. The summed E-state index contributed by atoms with van der Waals surface area (Å²) in [5.41, 5.74) is 0. The zero-order chi connectivity index (χ0) is 9.68. The van der Waals surface area contributed by atoms with Crippen molar-refractivity contribution in [2.45, 2.75) is 39.2 Å². The van der Waals surface area contributed by atoms with Gasteiger partial charge in [-0.1, -0.05) is 20.3 Å². The van der Waals surface area contributed by atoms with Gasteiger partial charge in [0, 0.05) is 12.6 Å². The van der Waals surface area contributed by atoms with Crippen LogP contribution in [0.1, 0.15) is 33.1 Å². The van der Waals surface area contributed by atoms with Crippen molar-refractivity contribution in [2.24, 2.45) is 11.8 Å². The van der Waals surface area contributed by atoms with Crippen molar-refractivity contribution in [1.82, 2.24) is 5.32 Å². The second kappa shape index (κ2) is 5.61. The minimum atomic E-state index is 0.664. The Morgan fingerprint density at radius 3 is 2.77 bits per heavy atom. The molecule has 2 heteroatoms. The second-order valence-electron chi connectivity index (χ2n) is 4.27. The van der Waals surface area contributed by atoms with Crippen molar-refractivity contribution < 1.29 is 4.74 Å². The lowest BCUT2D eigenvalue weighted by molar-refractivity contribution is 0.173. The van der Waals surface area contributed by atoms with Crippen LogP contribution in [0.5, 0.6) is 0 Å². The lowest BCUT2D eigenvalue weighted by Crippen LogP contribution is -2.35. The molecular weight excluding hydrogens is 162 g/mol. The molecule has 0 aliphatic carbocycles. The maximum atomic E-state index is 5.42. The molecule has 2 nitrogen and oxygen atoms in total. The quantitative estimate of drug-likeness (QED) is 0.708. The van der Waals surface area contributed by atoms with Gasteiger partial charge in [-0.05, 0) is 31.7 Å². The molecular formula is C11H23NO. The molecule has 1 aliphatic rings. The van der Waals surface area contributed by atoms with E-state index in [4.69, 9.17) is 4.74 Å². The molecule has 0 aromatic carbocycles. The van der Waals surface area contributed by atoms with Crippen LogP contribution in [0, 0.1) is 11.8 Å². The molecule has 0 bridgehead atoms. The van der Waals surface area contributed by atoms with Crippen LogP contribution in [0.3, 0.4) is 0 Å². The van der Waals surface area contributed by atoms with Gasteiger partial charge >= 0.3 is 0 Å². The first-order chi connectivity index (χ1) is 6.27. The fourth-order valence-corrected chi connectivity index (χ4v) is 2.02. The summed E-state index contributed by atoms with van der Waals surface area (Å²) >= 11 is 0. The third-order valence-corrected chi connectivity index (χ3v) is 3.26. The van der Waals surface area contributed by atoms with Crippen molar-refractivity contribution in [1.29, 1.82) is 0 Å². The predicted molar refractivity (Wildman–Crippen MR) is 55.8 cm³/mol. The minimum absolute atomic E-state index is 0.664. The molecule has 78 valence electrons. The van der Waals surface area contributed by atoms with Gasteiger partial charge in [0.05, 0.1) is 6.61 Å². The summed E-state index contributed by atoms with van der Waals surface area (Å²) in [6.07, 6.45) is 3.81. The third-order valence-electron chi connectivity index (χ3n) is 3.26. The minimum Gasteiger partial charge on any atom is -0.381 e. The Morgan fingerprint density at radius 1 is 1.54 bits per heavy atom. The third kappa shape index (κ3) is 3.28. The first-order valence-corrected chi connectivity index (χ1v) is 5.53. The van der Waals surface area contributed by atoms with Gasteiger partial charge < -0.3 is 10.1 Å². The van der Waals surface area contributed by atoms with Gasteiger partial charge in [-0.2, -0.15) is 0 Å². The summed E-state index contributed by atoms with van der Waals surface area (Å²) in [7, 11) is 2.07. The van der Waals surface area contributed by atoms with Crippen molar-refractivity contribution >= 4 is 0 Å². The summed E-state index contributed by atoms with van der Waals surface area (Å²) in [4.78, 5) is 0. The van der Waals surface area contributed by atoms with Gasteiger partial charge in [-0.3, -0.25) is 0 Å². The summed E-state index contributed by atoms with van der Waals surface area (Å²) in [6, 6.07) is 0.664. The highest BCUT2D eigenvalue weighted by Gasteiger charge is 2.25. The monoisotopic (exact) mass is 185 g/mol.